The van der Waals surface area contributed by atoms with Crippen LogP contribution in [0.15, 0.2) is 182 Å². The highest BCUT2D eigenvalue weighted by atomic mass is 15.0. The second-order valence-corrected chi connectivity index (χ2v) is 13.6. The second kappa shape index (κ2) is 12.5. The van der Waals surface area contributed by atoms with E-state index in [4.69, 9.17) is 6.57 Å². The maximum absolute atomic E-state index is 9.48. The molecule has 4 heteroatoms. The lowest BCUT2D eigenvalue weighted by molar-refractivity contribution is 1.18. The molecule has 10 rings (SSSR count). The molecule has 0 aliphatic rings. The van der Waals surface area contributed by atoms with Crippen molar-refractivity contribution in [1.82, 2.24) is 9.13 Å². The number of rotatable bonds is 5. The van der Waals surface area contributed by atoms with Gasteiger partial charge in [-0.2, -0.15) is 5.26 Å². The second-order valence-electron chi connectivity index (χ2n) is 13.6. The van der Waals surface area contributed by atoms with Crippen LogP contribution in [0.3, 0.4) is 0 Å². The Morgan fingerprint density at radius 3 is 1.57 bits per heavy atom. The van der Waals surface area contributed by atoms with E-state index < -0.39 is 0 Å². The lowest BCUT2D eigenvalue weighted by Crippen LogP contribution is -1.96. The van der Waals surface area contributed by atoms with Crippen molar-refractivity contribution in [2.24, 2.45) is 0 Å². The van der Waals surface area contributed by atoms with Gasteiger partial charge in [0.2, 0.25) is 0 Å². The summed E-state index contributed by atoms with van der Waals surface area (Å²) in [5, 5.41) is 14.3. The van der Waals surface area contributed by atoms with Gasteiger partial charge in [0.05, 0.1) is 40.3 Å². The minimum absolute atomic E-state index is 0.611. The molecule has 250 valence electrons. The van der Waals surface area contributed by atoms with Crippen molar-refractivity contribution in [3.63, 3.8) is 0 Å². The molecule has 0 spiro atoms. The molecule has 54 heavy (non-hydrogen) atoms. The molecule has 0 unspecified atom stereocenters. The average molecular weight is 687 g/mol. The number of aromatic nitrogens is 2. The van der Waals surface area contributed by atoms with E-state index in [2.05, 4.69) is 154 Å². The van der Waals surface area contributed by atoms with Gasteiger partial charge in [0.25, 0.3) is 0 Å². The Balaban J connectivity index is 1.19. The first-order chi connectivity index (χ1) is 26.7. The van der Waals surface area contributed by atoms with Crippen LogP contribution in [-0.4, -0.2) is 9.13 Å². The Bertz CT molecular complexity index is 3070. The summed E-state index contributed by atoms with van der Waals surface area (Å²) in [4.78, 5) is 3.61. The predicted octanol–water partition coefficient (Wildman–Crippen LogP) is 13.3. The van der Waals surface area contributed by atoms with E-state index in [1.807, 2.05) is 48.5 Å². The molecule has 0 aliphatic heterocycles. The summed E-state index contributed by atoms with van der Waals surface area (Å²) >= 11 is 0. The van der Waals surface area contributed by atoms with Crippen molar-refractivity contribution < 1.29 is 0 Å². The van der Waals surface area contributed by atoms with Gasteiger partial charge in [-0.1, -0.05) is 109 Å². The third kappa shape index (κ3) is 5.06. The van der Waals surface area contributed by atoms with Crippen LogP contribution < -0.4 is 0 Å². The summed E-state index contributed by atoms with van der Waals surface area (Å²) in [7, 11) is 0. The molecule has 2 heterocycles. The van der Waals surface area contributed by atoms with Crippen molar-refractivity contribution in [2.45, 2.75) is 0 Å². The molecule has 0 atom stereocenters. The smallest absolute Gasteiger partial charge is 0.187 e. The molecule has 0 bridgehead atoms. The molecular formula is C50H30N4. The third-order valence-electron chi connectivity index (χ3n) is 10.5. The SMILES string of the molecule is [C-]#[N+]c1ccc(-c2cc(-c3ccc(C#N)cc3)cc(-n3c4ccccc4c4ccc(-c5ccc6c(c5)c5ccccc5n6-c5ccccc5)cc43)c2)cc1. The van der Waals surface area contributed by atoms with Gasteiger partial charge in [0, 0.05) is 32.9 Å². The minimum atomic E-state index is 0.611. The maximum atomic E-state index is 9.48. The summed E-state index contributed by atoms with van der Waals surface area (Å²) in [6.07, 6.45) is 0. The van der Waals surface area contributed by atoms with E-state index in [-0.39, 0.29) is 0 Å². The summed E-state index contributed by atoms with van der Waals surface area (Å²) in [5.74, 6) is 0. The molecule has 4 nitrogen and oxygen atoms in total. The summed E-state index contributed by atoms with van der Waals surface area (Å²) in [6, 6.07) is 65.9. The van der Waals surface area contributed by atoms with Crippen molar-refractivity contribution in [1.29, 1.82) is 5.26 Å². The number of hydrogen-bond acceptors (Lipinski definition) is 1. The maximum Gasteiger partial charge on any atom is 0.187 e. The Labute approximate surface area is 312 Å². The van der Waals surface area contributed by atoms with Gasteiger partial charge in [-0.25, -0.2) is 4.85 Å². The van der Waals surface area contributed by atoms with Gasteiger partial charge < -0.3 is 9.13 Å². The number of hydrogen-bond donors (Lipinski definition) is 0. The molecule has 8 aromatic carbocycles. The van der Waals surface area contributed by atoms with Crippen LogP contribution in [0, 0.1) is 17.9 Å². The fourth-order valence-corrected chi connectivity index (χ4v) is 7.98. The zero-order valence-corrected chi connectivity index (χ0v) is 29.1. The van der Waals surface area contributed by atoms with Crippen LogP contribution in [0.4, 0.5) is 5.69 Å². The number of para-hydroxylation sites is 3. The molecular weight excluding hydrogens is 657 g/mol. The lowest BCUT2D eigenvalue weighted by Gasteiger charge is -2.15. The molecule has 2 aromatic heterocycles. The van der Waals surface area contributed by atoms with Crippen molar-refractivity contribution in [3.8, 4) is 50.8 Å². The standard InChI is InChI=1S/C50H30N4/c1-52-40-23-19-35(20-24-40)39-27-38(34-17-15-33(32-51)16-18-34)28-42(29-39)54-47-13-7-5-11-43(47)45-25-21-37(31-50(45)54)36-22-26-49-46(30-36)44-12-6-8-14-48(44)53(49)41-9-3-2-4-10-41/h2-31H. The molecule has 0 fully saturated rings. The predicted molar refractivity (Wildman–Crippen MR) is 222 cm³/mol. The van der Waals surface area contributed by atoms with Crippen molar-refractivity contribution in [2.75, 3.05) is 0 Å². The minimum Gasteiger partial charge on any atom is -0.309 e. The van der Waals surface area contributed by atoms with E-state index in [1.54, 1.807) is 0 Å². The first kappa shape index (κ1) is 31.1. The molecule has 0 amide bonds. The number of fused-ring (bicyclic) bond motifs is 6. The molecule has 0 N–H and O–H groups in total. The van der Waals surface area contributed by atoms with Gasteiger partial charge in [0.1, 0.15) is 0 Å². The molecule has 10 aromatic rings. The van der Waals surface area contributed by atoms with Crippen LogP contribution in [0.5, 0.6) is 0 Å². The van der Waals surface area contributed by atoms with Gasteiger partial charge >= 0.3 is 0 Å². The third-order valence-corrected chi connectivity index (χ3v) is 10.5. The Morgan fingerprint density at radius 2 is 0.907 bits per heavy atom. The summed E-state index contributed by atoms with van der Waals surface area (Å²) < 4.78 is 4.72. The highest BCUT2D eigenvalue weighted by Crippen LogP contribution is 2.40. The fraction of sp³-hybridized carbons (Fsp3) is 0. The van der Waals surface area contributed by atoms with E-state index in [1.165, 1.54) is 32.6 Å². The first-order valence-electron chi connectivity index (χ1n) is 17.9. The molecule has 0 saturated carbocycles. The largest absolute Gasteiger partial charge is 0.309 e. The topological polar surface area (TPSA) is 38.0 Å². The highest BCUT2D eigenvalue weighted by Gasteiger charge is 2.17. The van der Waals surface area contributed by atoms with E-state index in [0.29, 0.717) is 11.3 Å². The molecule has 0 aliphatic carbocycles. The first-order valence-corrected chi connectivity index (χ1v) is 17.9. The van der Waals surface area contributed by atoms with Crippen LogP contribution in [0.2, 0.25) is 0 Å². The number of benzene rings is 8. The van der Waals surface area contributed by atoms with E-state index in [9.17, 15) is 5.26 Å². The van der Waals surface area contributed by atoms with Crippen LogP contribution in [0.25, 0.3) is 93.2 Å². The summed E-state index contributed by atoms with van der Waals surface area (Å²) in [6.45, 7) is 7.47. The fourth-order valence-electron chi connectivity index (χ4n) is 7.98. The lowest BCUT2D eigenvalue weighted by atomic mass is 9.97. The van der Waals surface area contributed by atoms with Gasteiger partial charge in [-0.05, 0) is 106 Å². The van der Waals surface area contributed by atoms with E-state index in [0.717, 1.165) is 55.8 Å². The van der Waals surface area contributed by atoms with Crippen molar-refractivity contribution in [3.05, 3.63) is 199 Å². The average Bonchev–Trinajstić information content (AvgIpc) is 3.76. The Kier molecular flexibility index (Phi) is 7.22. The quantitative estimate of drug-likeness (QED) is 0.166. The normalized spacial score (nSPS) is 11.3. The van der Waals surface area contributed by atoms with E-state index >= 15 is 0 Å². The van der Waals surface area contributed by atoms with Crippen LogP contribution in [0.1, 0.15) is 5.56 Å². The molecule has 0 radical (unpaired) electrons. The van der Waals surface area contributed by atoms with Crippen LogP contribution in [-0.2, 0) is 0 Å². The Morgan fingerprint density at radius 1 is 0.389 bits per heavy atom. The zero-order chi connectivity index (χ0) is 36.2. The monoisotopic (exact) mass is 686 g/mol. The summed E-state index contributed by atoms with van der Waals surface area (Å²) in [5.41, 5.74) is 14.5. The van der Waals surface area contributed by atoms with Crippen molar-refractivity contribution >= 4 is 49.3 Å². The Hall–Kier alpha value is -7.66. The van der Waals surface area contributed by atoms with Crippen LogP contribution >= 0.6 is 0 Å². The number of nitrogens with zero attached hydrogens (tertiary/aromatic N) is 4. The molecule has 0 saturated heterocycles. The van der Waals surface area contributed by atoms with Gasteiger partial charge in [-0.3, -0.25) is 0 Å². The van der Waals surface area contributed by atoms with Gasteiger partial charge in [0.15, 0.2) is 5.69 Å². The highest BCUT2D eigenvalue weighted by molar-refractivity contribution is 6.12. The van der Waals surface area contributed by atoms with Gasteiger partial charge in [-0.15, -0.1) is 0 Å². The number of nitriles is 1. The zero-order valence-electron chi connectivity index (χ0n) is 29.1.